The monoisotopic (exact) mass is 476 g/mol. The minimum absolute atomic E-state index is 0.133. The molecule has 0 aliphatic carbocycles. The summed E-state index contributed by atoms with van der Waals surface area (Å²) >= 11 is 12.1. The maximum absolute atomic E-state index is 13.2. The number of hydrogen-bond acceptors (Lipinski definition) is 3. The van der Waals surface area contributed by atoms with Crippen LogP contribution in [0, 0.1) is 0 Å². The third-order valence-electron chi connectivity index (χ3n) is 4.78. The van der Waals surface area contributed by atoms with Gasteiger partial charge < -0.3 is 5.11 Å². The summed E-state index contributed by atoms with van der Waals surface area (Å²) < 4.78 is 40.4. The maximum Gasteiger partial charge on any atom is 0.416 e. The molecule has 0 atom stereocenters. The second kappa shape index (κ2) is 8.33. The van der Waals surface area contributed by atoms with Gasteiger partial charge in [0.1, 0.15) is 0 Å². The molecule has 1 N–H and O–H groups in total. The van der Waals surface area contributed by atoms with Crippen LogP contribution in [0.2, 0.25) is 10.0 Å². The molecule has 1 aromatic heterocycles. The van der Waals surface area contributed by atoms with Gasteiger partial charge >= 0.3 is 6.18 Å². The number of halogens is 5. The Morgan fingerprint density at radius 1 is 0.938 bits per heavy atom. The highest BCUT2D eigenvalue weighted by Gasteiger charge is 2.31. The number of nitrogens with zero attached hydrogens (tertiary/aromatic N) is 2. The molecule has 0 aliphatic heterocycles. The number of rotatable bonds is 3. The molecule has 3 aromatic carbocycles. The van der Waals surface area contributed by atoms with Crippen molar-refractivity contribution in [2.24, 2.45) is 4.99 Å². The third kappa shape index (κ3) is 4.09. The van der Waals surface area contributed by atoms with E-state index in [0.29, 0.717) is 21.1 Å². The van der Waals surface area contributed by atoms with Gasteiger partial charge in [-0.15, -0.1) is 0 Å². The van der Waals surface area contributed by atoms with Crippen molar-refractivity contribution in [2.75, 3.05) is 0 Å². The highest BCUT2D eigenvalue weighted by Crippen LogP contribution is 2.33. The van der Waals surface area contributed by atoms with E-state index in [1.54, 1.807) is 30.3 Å². The van der Waals surface area contributed by atoms with Crippen LogP contribution in [0.25, 0.3) is 16.5 Å². The first-order valence-corrected chi connectivity index (χ1v) is 9.96. The molecule has 0 spiro atoms. The summed E-state index contributed by atoms with van der Waals surface area (Å²) in [6.45, 7) is 0. The molecule has 0 amide bonds. The zero-order valence-electron chi connectivity index (χ0n) is 16.1. The Bertz CT molecular complexity index is 1430. The van der Waals surface area contributed by atoms with Crippen molar-refractivity contribution in [3.63, 3.8) is 0 Å². The topological polar surface area (TPSA) is 54.6 Å². The van der Waals surface area contributed by atoms with Crippen LogP contribution < -0.4 is 5.56 Å². The van der Waals surface area contributed by atoms with Crippen LogP contribution >= 0.6 is 23.2 Å². The molecular weight excluding hydrogens is 464 g/mol. The molecule has 4 aromatic rings. The fourth-order valence-corrected chi connectivity index (χ4v) is 3.60. The molecule has 1 heterocycles. The van der Waals surface area contributed by atoms with Crippen LogP contribution in [-0.2, 0) is 6.18 Å². The summed E-state index contributed by atoms with van der Waals surface area (Å²) in [4.78, 5) is 17.3. The molecule has 4 nitrogen and oxygen atoms in total. The van der Waals surface area contributed by atoms with Gasteiger partial charge in [0.25, 0.3) is 5.56 Å². The predicted octanol–water partition coefficient (Wildman–Crippen LogP) is 6.77. The standard InChI is InChI=1S/C23H13Cl2F3N2O2/c24-14-8-9-19(25)20(11-14)29-12-18-16-6-1-2-7-17(16)21(31)30(22(18)32)15-5-3-4-13(10-15)23(26,27)28/h1-12,32H. The molecule has 0 bridgehead atoms. The zero-order chi connectivity index (χ0) is 23.0. The first-order valence-electron chi connectivity index (χ1n) is 9.20. The maximum atomic E-state index is 13.2. The van der Waals surface area contributed by atoms with Gasteiger partial charge in [-0.3, -0.25) is 9.79 Å². The van der Waals surface area contributed by atoms with Crippen molar-refractivity contribution in [2.45, 2.75) is 6.18 Å². The van der Waals surface area contributed by atoms with Crippen LogP contribution in [0.3, 0.4) is 0 Å². The van der Waals surface area contributed by atoms with Gasteiger partial charge in [0, 0.05) is 22.0 Å². The van der Waals surface area contributed by atoms with E-state index in [1.807, 2.05) is 0 Å². The number of fused-ring (bicyclic) bond motifs is 1. The second-order valence-corrected chi connectivity index (χ2v) is 7.67. The lowest BCUT2D eigenvalue weighted by molar-refractivity contribution is -0.137. The molecule has 32 heavy (non-hydrogen) atoms. The molecule has 9 heteroatoms. The van der Waals surface area contributed by atoms with Gasteiger partial charge in [0.2, 0.25) is 5.88 Å². The number of pyridine rings is 1. The van der Waals surface area contributed by atoms with Crippen LogP contribution in [0.1, 0.15) is 11.1 Å². The molecule has 0 aliphatic rings. The van der Waals surface area contributed by atoms with Crippen LogP contribution in [0.15, 0.2) is 76.5 Å². The minimum Gasteiger partial charge on any atom is -0.494 e. The van der Waals surface area contributed by atoms with E-state index in [9.17, 15) is 23.1 Å². The molecule has 0 unspecified atom stereocenters. The summed E-state index contributed by atoms with van der Waals surface area (Å²) in [5.74, 6) is -0.560. The Hall–Kier alpha value is -3.29. The Balaban J connectivity index is 1.98. The van der Waals surface area contributed by atoms with E-state index in [4.69, 9.17) is 23.2 Å². The Kier molecular flexibility index (Phi) is 5.71. The van der Waals surface area contributed by atoms with Crippen molar-refractivity contribution in [1.29, 1.82) is 0 Å². The molecule has 0 saturated heterocycles. The number of hydrogen-bond donors (Lipinski definition) is 1. The lowest BCUT2D eigenvalue weighted by atomic mass is 10.1. The fraction of sp³-hybridized carbons (Fsp3) is 0.0435. The van der Waals surface area contributed by atoms with Crippen molar-refractivity contribution < 1.29 is 18.3 Å². The largest absolute Gasteiger partial charge is 0.494 e. The van der Waals surface area contributed by atoms with Gasteiger partial charge in [0.05, 0.1) is 27.5 Å². The van der Waals surface area contributed by atoms with Gasteiger partial charge in [-0.1, -0.05) is 47.5 Å². The first kappa shape index (κ1) is 21.9. The molecular formula is C23H13Cl2F3N2O2. The number of aromatic hydroxyl groups is 1. The normalized spacial score (nSPS) is 12.0. The number of aliphatic imine (C=N–C) groups is 1. The molecule has 4 rings (SSSR count). The minimum atomic E-state index is -4.61. The summed E-state index contributed by atoms with van der Waals surface area (Å²) in [7, 11) is 0. The summed E-state index contributed by atoms with van der Waals surface area (Å²) in [5.41, 5.74) is -1.30. The Morgan fingerprint density at radius 2 is 1.66 bits per heavy atom. The summed E-state index contributed by atoms with van der Waals surface area (Å²) in [6.07, 6.45) is -3.32. The highest BCUT2D eigenvalue weighted by atomic mass is 35.5. The highest BCUT2D eigenvalue weighted by molar-refractivity contribution is 6.35. The Labute approximate surface area is 189 Å². The average Bonchev–Trinajstić information content (AvgIpc) is 2.76. The quantitative estimate of drug-likeness (QED) is 0.331. The van der Waals surface area contributed by atoms with Crippen molar-refractivity contribution >= 4 is 45.9 Å². The van der Waals surface area contributed by atoms with Crippen LogP contribution in [-0.4, -0.2) is 15.9 Å². The fourth-order valence-electron chi connectivity index (χ4n) is 3.27. The van der Waals surface area contributed by atoms with Crippen molar-refractivity contribution in [3.8, 4) is 11.6 Å². The molecule has 0 fully saturated rings. The van der Waals surface area contributed by atoms with E-state index >= 15 is 0 Å². The van der Waals surface area contributed by atoms with E-state index in [1.165, 1.54) is 30.5 Å². The second-order valence-electron chi connectivity index (χ2n) is 6.83. The molecule has 0 saturated carbocycles. The Morgan fingerprint density at radius 3 is 2.38 bits per heavy atom. The van der Waals surface area contributed by atoms with E-state index in [0.717, 1.165) is 16.7 Å². The number of benzene rings is 3. The van der Waals surface area contributed by atoms with Crippen molar-refractivity contribution in [3.05, 3.63) is 98.3 Å². The number of alkyl halides is 3. The van der Waals surface area contributed by atoms with Gasteiger partial charge in [-0.05, 0) is 42.5 Å². The number of aromatic nitrogens is 1. The lowest BCUT2D eigenvalue weighted by Crippen LogP contribution is -2.20. The van der Waals surface area contributed by atoms with E-state index < -0.39 is 23.2 Å². The van der Waals surface area contributed by atoms with Crippen LogP contribution in [0.5, 0.6) is 5.88 Å². The van der Waals surface area contributed by atoms with Crippen LogP contribution in [0.4, 0.5) is 18.9 Å². The lowest BCUT2D eigenvalue weighted by Gasteiger charge is -2.15. The first-order chi connectivity index (χ1) is 15.2. The average molecular weight is 477 g/mol. The summed E-state index contributed by atoms with van der Waals surface area (Å²) in [5, 5.41) is 12.2. The van der Waals surface area contributed by atoms with Crippen molar-refractivity contribution in [1.82, 2.24) is 4.57 Å². The molecule has 162 valence electrons. The van der Waals surface area contributed by atoms with E-state index in [-0.39, 0.29) is 16.6 Å². The predicted molar refractivity (Wildman–Crippen MR) is 120 cm³/mol. The van der Waals surface area contributed by atoms with Gasteiger partial charge in [0.15, 0.2) is 0 Å². The van der Waals surface area contributed by atoms with E-state index in [2.05, 4.69) is 4.99 Å². The van der Waals surface area contributed by atoms with Gasteiger partial charge in [-0.25, -0.2) is 4.57 Å². The third-order valence-corrected chi connectivity index (χ3v) is 5.33. The smallest absolute Gasteiger partial charge is 0.416 e. The zero-order valence-corrected chi connectivity index (χ0v) is 17.6. The summed E-state index contributed by atoms with van der Waals surface area (Å²) in [6, 6.07) is 15.2. The molecule has 0 radical (unpaired) electrons. The van der Waals surface area contributed by atoms with Gasteiger partial charge in [-0.2, -0.15) is 13.2 Å². The SMILES string of the molecule is O=c1c2ccccc2c(C=Nc2cc(Cl)ccc2Cl)c(O)n1-c1cccc(C(F)(F)F)c1.